The van der Waals surface area contributed by atoms with Crippen LogP contribution in [0.5, 0.6) is 0 Å². The van der Waals surface area contributed by atoms with Crippen LogP contribution < -0.4 is 10.6 Å². The second kappa shape index (κ2) is 10.1. The number of hydrogen-bond donors (Lipinski definition) is 2. The zero-order valence-electron chi connectivity index (χ0n) is 19.9. The van der Waals surface area contributed by atoms with E-state index >= 15 is 0 Å². The summed E-state index contributed by atoms with van der Waals surface area (Å²) in [5, 5.41) is 11.0. The summed E-state index contributed by atoms with van der Waals surface area (Å²) in [6.07, 6.45) is 0. The molecule has 0 saturated heterocycles. The molecular formula is C26H26BrN5O2S. The minimum Gasteiger partial charge on any atom is -0.347 e. The van der Waals surface area contributed by atoms with Gasteiger partial charge < -0.3 is 10.6 Å². The van der Waals surface area contributed by atoms with Gasteiger partial charge in [0.15, 0.2) is 10.8 Å². The Morgan fingerprint density at radius 1 is 1.06 bits per heavy atom. The quantitative estimate of drug-likeness (QED) is 0.308. The maximum atomic E-state index is 13.0. The number of aryl methyl sites for hydroxylation is 1. The van der Waals surface area contributed by atoms with E-state index in [0.29, 0.717) is 17.4 Å². The SMILES string of the molecule is Cc1nc(NC(=O)C(C)(C)C)sc1-c1cc(C(=O)NCc2ccccc2)nn1-c1ccc(Br)cc1. The monoisotopic (exact) mass is 551 g/mol. The van der Waals surface area contributed by atoms with Crippen LogP contribution in [0.3, 0.4) is 0 Å². The minimum absolute atomic E-state index is 0.111. The van der Waals surface area contributed by atoms with Crippen molar-refractivity contribution in [2.45, 2.75) is 34.2 Å². The fourth-order valence-corrected chi connectivity index (χ4v) is 4.50. The van der Waals surface area contributed by atoms with Crippen LogP contribution in [0.25, 0.3) is 16.3 Å². The Morgan fingerprint density at radius 2 is 1.74 bits per heavy atom. The first-order chi connectivity index (χ1) is 16.6. The number of benzene rings is 2. The van der Waals surface area contributed by atoms with Gasteiger partial charge in [-0.15, -0.1) is 0 Å². The molecule has 0 bridgehead atoms. The number of carbonyl (C=O) groups excluding carboxylic acids is 2. The number of halogens is 1. The van der Waals surface area contributed by atoms with E-state index in [1.54, 1.807) is 10.7 Å². The molecule has 35 heavy (non-hydrogen) atoms. The second-order valence-electron chi connectivity index (χ2n) is 9.11. The molecule has 2 amide bonds. The van der Waals surface area contributed by atoms with Gasteiger partial charge in [0.2, 0.25) is 5.91 Å². The van der Waals surface area contributed by atoms with E-state index in [0.717, 1.165) is 32.0 Å². The van der Waals surface area contributed by atoms with Gasteiger partial charge in [-0.05, 0) is 42.8 Å². The third-order valence-corrected chi connectivity index (χ3v) is 6.86. The van der Waals surface area contributed by atoms with Crippen molar-refractivity contribution in [3.05, 3.63) is 82.1 Å². The molecular weight excluding hydrogens is 526 g/mol. The van der Waals surface area contributed by atoms with Crippen molar-refractivity contribution in [1.82, 2.24) is 20.1 Å². The highest BCUT2D eigenvalue weighted by atomic mass is 79.9. The average Bonchev–Trinajstić information content (AvgIpc) is 3.41. The van der Waals surface area contributed by atoms with Gasteiger partial charge >= 0.3 is 0 Å². The molecule has 0 atom stereocenters. The number of carbonyl (C=O) groups is 2. The maximum absolute atomic E-state index is 13.0. The van der Waals surface area contributed by atoms with E-state index in [-0.39, 0.29) is 11.8 Å². The summed E-state index contributed by atoms with van der Waals surface area (Å²) < 4.78 is 2.68. The van der Waals surface area contributed by atoms with E-state index < -0.39 is 5.41 Å². The molecule has 2 aromatic carbocycles. The molecule has 0 aliphatic carbocycles. The summed E-state index contributed by atoms with van der Waals surface area (Å²) in [5.41, 5.74) is 3.04. The summed E-state index contributed by atoms with van der Waals surface area (Å²) in [5.74, 6) is -0.380. The number of hydrogen-bond acceptors (Lipinski definition) is 5. The van der Waals surface area contributed by atoms with Crippen molar-refractivity contribution in [3.8, 4) is 16.3 Å². The van der Waals surface area contributed by atoms with E-state index in [2.05, 4.69) is 36.6 Å². The Hall–Kier alpha value is -3.30. The summed E-state index contributed by atoms with van der Waals surface area (Å²) in [6, 6.07) is 19.2. The van der Waals surface area contributed by atoms with Gasteiger partial charge in [0.1, 0.15) is 0 Å². The summed E-state index contributed by atoms with van der Waals surface area (Å²) in [6.45, 7) is 7.85. The molecule has 180 valence electrons. The van der Waals surface area contributed by atoms with Gasteiger partial charge in [0.05, 0.1) is 22.0 Å². The number of nitrogens with zero attached hydrogens (tertiary/aromatic N) is 3. The van der Waals surface area contributed by atoms with Crippen molar-refractivity contribution in [1.29, 1.82) is 0 Å². The van der Waals surface area contributed by atoms with E-state index in [4.69, 9.17) is 0 Å². The van der Waals surface area contributed by atoms with Crippen LogP contribution in [0.2, 0.25) is 0 Å². The Labute approximate surface area is 216 Å². The highest BCUT2D eigenvalue weighted by molar-refractivity contribution is 9.10. The zero-order chi connectivity index (χ0) is 25.2. The largest absolute Gasteiger partial charge is 0.347 e. The molecule has 0 fully saturated rings. The molecule has 9 heteroatoms. The van der Waals surface area contributed by atoms with Crippen molar-refractivity contribution in [2.75, 3.05) is 5.32 Å². The molecule has 0 radical (unpaired) electrons. The predicted octanol–water partition coefficient (Wildman–Crippen LogP) is 5.98. The van der Waals surface area contributed by atoms with Gasteiger partial charge in [-0.1, -0.05) is 78.4 Å². The van der Waals surface area contributed by atoms with Crippen molar-refractivity contribution < 1.29 is 9.59 Å². The van der Waals surface area contributed by atoms with Gasteiger partial charge in [0, 0.05) is 16.4 Å². The first-order valence-electron chi connectivity index (χ1n) is 11.1. The second-order valence-corrected chi connectivity index (χ2v) is 11.0. The first kappa shape index (κ1) is 24.8. The molecule has 4 rings (SSSR count). The molecule has 0 spiro atoms. The lowest BCUT2D eigenvalue weighted by molar-refractivity contribution is -0.123. The van der Waals surface area contributed by atoms with Crippen molar-refractivity contribution in [3.63, 3.8) is 0 Å². The summed E-state index contributed by atoms with van der Waals surface area (Å²) >= 11 is 4.82. The van der Waals surface area contributed by atoms with Crippen molar-refractivity contribution in [2.24, 2.45) is 5.41 Å². The maximum Gasteiger partial charge on any atom is 0.272 e. The van der Waals surface area contributed by atoms with E-state index in [9.17, 15) is 9.59 Å². The first-order valence-corrected chi connectivity index (χ1v) is 12.7. The normalized spacial score (nSPS) is 11.3. The Bertz CT molecular complexity index is 1350. The molecule has 4 aromatic rings. The number of rotatable bonds is 6. The average molecular weight is 552 g/mol. The van der Waals surface area contributed by atoms with Crippen LogP contribution in [0, 0.1) is 12.3 Å². The van der Waals surface area contributed by atoms with Crippen LogP contribution in [0.1, 0.15) is 42.5 Å². The third-order valence-electron chi connectivity index (χ3n) is 5.24. The standard InChI is InChI=1S/C26H26BrN5O2S/c1-16-22(35-25(29-16)30-24(34)26(2,3)4)21-14-20(23(33)28-15-17-8-6-5-7-9-17)31-32(21)19-12-10-18(27)11-13-19/h5-14H,15H2,1-4H3,(H,28,33)(H,29,30,34). The number of aromatic nitrogens is 3. The highest BCUT2D eigenvalue weighted by Crippen LogP contribution is 2.35. The molecule has 0 aliphatic rings. The van der Waals surface area contributed by atoms with Crippen LogP contribution in [0.4, 0.5) is 5.13 Å². The van der Waals surface area contributed by atoms with Crippen LogP contribution in [0.15, 0.2) is 65.1 Å². The van der Waals surface area contributed by atoms with Gasteiger partial charge in [-0.3, -0.25) is 9.59 Å². The fourth-order valence-electron chi connectivity index (χ4n) is 3.27. The Balaban J connectivity index is 1.69. The number of anilines is 1. The van der Waals surface area contributed by atoms with E-state index in [1.807, 2.05) is 82.3 Å². The molecule has 2 N–H and O–H groups in total. The number of thiazole rings is 1. The van der Waals surface area contributed by atoms with Gasteiger partial charge in [-0.25, -0.2) is 9.67 Å². The lowest BCUT2D eigenvalue weighted by Crippen LogP contribution is -2.27. The highest BCUT2D eigenvalue weighted by Gasteiger charge is 2.25. The lowest BCUT2D eigenvalue weighted by atomic mass is 9.96. The van der Waals surface area contributed by atoms with Crippen molar-refractivity contribution >= 4 is 44.2 Å². The smallest absolute Gasteiger partial charge is 0.272 e. The van der Waals surface area contributed by atoms with Crippen LogP contribution in [-0.2, 0) is 11.3 Å². The minimum atomic E-state index is -0.539. The van der Waals surface area contributed by atoms with Crippen LogP contribution >= 0.6 is 27.3 Å². The van der Waals surface area contributed by atoms with Gasteiger partial charge in [0.25, 0.3) is 5.91 Å². The molecule has 0 saturated carbocycles. The molecule has 2 aromatic heterocycles. The fraction of sp³-hybridized carbons (Fsp3) is 0.231. The molecule has 0 unspecified atom stereocenters. The summed E-state index contributed by atoms with van der Waals surface area (Å²) in [4.78, 5) is 30.8. The molecule has 2 heterocycles. The van der Waals surface area contributed by atoms with Crippen LogP contribution in [-0.4, -0.2) is 26.6 Å². The Kier molecular flexibility index (Phi) is 7.18. The summed E-state index contributed by atoms with van der Waals surface area (Å²) in [7, 11) is 0. The third kappa shape index (κ3) is 5.86. The molecule has 7 nitrogen and oxygen atoms in total. The lowest BCUT2D eigenvalue weighted by Gasteiger charge is -2.15. The van der Waals surface area contributed by atoms with Gasteiger partial charge in [-0.2, -0.15) is 5.10 Å². The Morgan fingerprint density at radius 3 is 2.40 bits per heavy atom. The van der Waals surface area contributed by atoms with E-state index in [1.165, 1.54) is 11.3 Å². The number of nitrogens with one attached hydrogen (secondary N) is 2. The predicted molar refractivity (Wildman–Crippen MR) is 143 cm³/mol. The zero-order valence-corrected chi connectivity index (χ0v) is 22.3. The number of amides is 2. The topological polar surface area (TPSA) is 88.9 Å². The molecule has 0 aliphatic heterocycles.